The third-order valence-electron chi connectivity index (χ3n) is 6.54. The first-order chi connectivity index (χ1) is 18.5. The summed E-state index contributed by atoms with van der Waals surface area (Å²) in [4.78, 5) is 40.6. The summed E-state index contributed by atoms with van der Waals surface area (Å²) in [6.07, 6.45) is -2.25. The molecule has 39 heavy (non-hydrogen) atoms. The van der Waals surface area contributed by atoms with Crippen LogP contribution in [0.5, 0.6) is 0 Å². The first-order valence-corrected chi connectivity index (χ1v) is 13.4. The van der Waals surface area contributed by atoms with Crippen LogP contribution in [-0.2, 0) is 19.1 Å². The summed E-state index contributed by atoms with van der Waals surface area (Å²) in [6.45, 7) is 4.51. The standard InChI is InChI=1S/C27H43FN4O7/c1-18(2)9-14-39-23-16-32(26(36)19-7-3-4-8-20(19)28)12-11-31(27(37)21(29)15-24(30)34)10-5-6-13-38-17-22(33)25(23)35/h3-4,7-8,18,21-23,25,33,35H,5-6,9-17,29H2,1-2H3,(H2,30,34)/t21-,22-,23-,25-/m1/s1. The zero-order valence-electron chi connectivity index (χ0n) is 22.8. The lowest BCUT2D eigenvalue weighted by Gasteiger charge is -2.34. The summed E-state index contributed by atoms with van der Waals surface area (Å²) < 4.78 is 26.0. The number of halogens is 1. The van der Waals surface area contributed by atoms with Crippen LogP contribution in [0.25, 0.3) is 0 Å². The summed E-state index contributed by atoms with van der Waals surface area (Å²) in [5, 5.41) is 21.5. The molecule has 11 nitrogen and oxygen atoms in total. The molecular weight excluding hydrogens is 511 g/mol. The van der Waals surface area contributed by atoms with E-state index >= 15 is 0 Å². The van der Waals surface area contributed by atoms with Crippen molar-refractivity contribution in [2.24, 2.45) is 17.4 Å². The number of hydrogen-bond donors (Lipinski definition) is 4. The van der Waals surface area contributed by atoms with Crippen molar-refractivity contribution in [3.05, 3.63) is 35.6 Å². The molecule has 0 radical (unpaired) electrons. The van der Waals surface area contributed by atoms with Gasteiger partial charge in [-0.05, 0) is 37.3 Å². The molecule has 220 valence electrons. The van der Waals surface area contributed by atoms with Crippen molar-refractivity contribution in [1.29, 1.82) is 0 Å². The van der Waals surface area contributed by atoms with Gasteiger partial charge in [0.05, 0.1) is 24.6 Å². The number of benzene rings is 1. The van der Waals surface area contributed by atoms with Gasteiger partial charge in [-0.2, -0.15) is 0 Å². The van der Waals surface area contributed by atoms with Crippen LogP contribution in [0.1, 0.15) is 49.9 Å². The van der Waals surface area contributed by atoms with Crippen LogP contribution in [0.4, 0.5) is 4.39 Å². The Bertz CT molecular complexity index is 935. The molecule has 1 aromatic carbocycles. The van der Waals surface area contributed by atoms with Crippen molar-refractivity contribution in [3.63, 3.8) is 0 Å². The number of nitrogens with two attached hydrogens (primary N) is 2. The maximum absolute atomic E-state index is 14.6. The Kier molecular flexibility index (Phi) is 13.7. The summed E-state index contributed by atoms with van der Waals surface area (Å²) in [5.41, 5.74) is 11.0. The third kappa shape index (κ3) is 10.8. The van der Waals surface area contributed by atoms with Gasteiger partial charge in [0.1, 0.15) is 24.1 Å². The number of nitrogens with zero attached hydrogens (tertiary/aromatic N) is 2. The normalized spacial score (nSPS) is 22.8. The fourth-order valence-corrected chi connectivity index (χ4v) is 4.18. The largest absolute Gasteiger partial charge is 0.388 e. The van der Waals surface area contributed by atoms with Crippen LogP contribution in [0.3, 0.4) is 0 Å². The Morgan fingerprint density at radius 2 is 1.82 bits per heavy atom. The quantitative estimate of drug-likeness (QED) is 0.355. The zero-order valence-corrected chi connectivity index (χ0v) is 22.8. The second-order valence-electron chi connectivity index (χ2n) is 10.3. The Labute approximate surface area is 229 Å². The average Bonchev–Trinajstić information content (AvgIpc) is 2.88. The fourth-order valence-electron chi connectivity index (χ4n) is 4.18. The van der Waals surface area contributed by atoms with Crippen molar-refractivity contribution in [2.75, 3.05) is 46.0 Å². The molecule has 0 bridgehead atoms. The molecule has 0 aromatic heterocycles. The molecule has 6 N–H and O–H groups in total. The molecule has 0 spiro atoms. The highest BCUT2D eigenvalue weighted by molar-refractivity contribution is 5.94. The van der Waals surface area contributed by atoms with E-state index in [1.165, 1.54) is 34.1 Å². The number of primary amides is 1. The van der Waals surface area contributed by atoms with E-state index in [-0.39, 0.29) is 58.0 Å². The Hall–Kier alpha value is -2.64. The molecule has 1 aliphatic heterocycles. The summed E-state index contributed by atoms with van der Waals surface area (Å²) >= 11 is 0. The molecule has 1 fully saturated rings. The second-order valence-corrected chi connectivity index (χ2v) is 10.3. The number of aliphatic hydroxyl groups is 2. The van der Waals surface area contributed by atoms with Crippen LogP contribution in [0, 0.1) is 11.7 Å². The van der Waals surface area contributed by atoms with E-state index < -0.39 is 47.9 Å². The van der Waals surface area contributed by atoms with Crippen LogP contribution < -0.4 is 11.5 Å². The molecule has 1 aliphatic rings. The van der Waals surface area contributed by atoms with Crippen LogP contribution in [0.15, 0.2) is 24.3 Å². The van der Waals surface area contributed by atoms with E-state index in [0.717, 1.165) is 0 Å². The third-order valence-corrected chi connectivity index (χ3v) is 6.54. The molecule has 0 unspecified atom stereocenters. The smallest absolute Gasteiger partial charge is 0.256 e. The predicted molar refractivity (Wildman–Crippen MR) is 142 cm³/mol. The van der Waals surface area contributed by atoms with Crippen molar-refractivity contribution < 1.29 is 38.5 Å². The number of carbonyl (C=O) groups is 3. The van der Waals surface area contributed by atoms with Gasteiger partial charge in [-0.15, -0.1) is 0 Å². The van der Waals surface area contributed by atoms with Crippen molar-refractivity contribution in [3.8, 4) is 0 Å². The molecular formula is C27H43FN4O7. The minimum absolute atomic E-state index is 0.0315. The molecule has 1 aromatic rings. The average molecular weight is 555 g/mol. The van der Waals surface area contributed by atoms with E-state index in [4.69, 9.17) is 20.9 Å². The lowest BCUT2D eigenvalue weighted by molar-refractivity contribution is -0.135. The maximum Gasteiger partial charge on any atom is 0.256 e. The number of amides is 3. The lowest BCUT2D eigenvalue weighted by Crippen LogP contribution is -2.52. The first kappa shape index (κ1) is 32.6. The van der Waals surface area contributed by atoms with Crippen LogP contribution in [0.2, 0.25) is 0 Å². The van der Waals surface area contributed by atoms with Crippen LogP contribution >= 0.6 is 0 Å². The minimum atomic E-state index is -1.39. The monoisotopic (exact) mass is 554 g/mol. The number of carbonyl (C=O) groups excluding carboxylic acids is 3. The summed E-state index contributed by atoms with van der Waals surface area (Å²) in [6, 6.07) is 4.38. The SMILES string of the molecule is CC(C)CCO[C@@H]1CN(C(=O)c2ccccc2F)CCN(C(=O)[C@H](N)CC(N)=O)CCCCOC[C@@H](O)[C@H]1O. The molecule has 2 rings (SSSR count). The van der Waals surface area contributed by atoms with Crippen molar-refractivity contribution in [1.82, 2.24) is 9.80 Å². The van der Waals surface area contributed by atoms with Gasteiger partial charge in [-0.1, -0.05) is 26.0 Å². The zero-order chi connectivity index (χ0) is 28.9. The molecule has 0 saturated carbocycles. The topological polar surface area (TPSA) is 169 Å². The Morgan fingerprint density at radius 3 is 2.49 bits per heavy atom. The minimum Gasteiger partial charge on any atom is -0.388 e. The Balaban J connectivity index is 2.38. The number of ether oxygens (including phenoxy) is 2. The van der Waals surface area contributed by atoms with Gasteiger partial charge in [-0.3, -0.25) is 14.4 Å². The predicted octanol–water partition coefficient (Wildman–Crippen LogP) is 0.263. The Morgan fingerprint density at radius 1 is 1.13 bits per heavy atom. The highest BCUT2D eigenvalue weighted by atomic mass is 19.1. The first-order valence-electron chi connectivity index (χ1n) is 13.4. The lowest BCUT2D eigenvalue weighted by atomic mass is 10.1. The van der Waals surface area contributed by atoms with Gasteiger partial charge >= 0.3 is 0 Å². The molecule has 0 aliphatic carbocycles. The molecule has 1 heterocycles. The number of rotatable bonds is 8. The molecule has 4 atom stereocenters. The van der Waals surface area contributed by atoms with Crippen molar-refractivity contribution in [2.45, 2.75) is 63.9 Å². The van der Waals surface area contributed by atoms with Gasteiger partial charge in [0.15, 0.2) is 0 Å². The molecule has 1 saturated heterocycles. The highest BCUT2D eigenvalue weighted by Gasteiger charge is 2.32. The number of hydrogen-bond acceptors (Lipinski definition) is 8. The summed E-state index contributed by atoms with van der Waals surface area (Å²) in [7, 11) is 0. The number of aliphatic hydroxyl groups excluding tert-OH is 2. The summed E-state index contributed by atoms with van der Waals surface area (Å²) in [5.74, 6) is -2.28. The highest BCUT2D eigenvalue weighted by Crippen LogP contribution is 2.16. The van der Waals surface area contributed by atoms with E-state index in [2.05, 4.69) is 0 Å². The second kappa shape index (κ2) is 16.5. The van der Waals surface area contributed by atoms with Crippen molar-refractivity contribution >= 4 is 17.7 Å². The van der Waals surface area contributed by atoms with Gasteiger partial charge in [0.2, 0.25) is 11.8 Å². The van der Waals surface area contributed by atoms with E-state index in [9.17, 15) is 29.0 Å². The fraction of sp³-hybridized carbons (Fsp3) is 0.667. The maximum atomic E-state index is 14.6. The van der Waals surface area contributed by atoms with E-state index in [1.54, 1.807) is 0 Å². The van der Waals surface area contributed by atoms with Gasteiger partial charge in [0, 0.05) is 39.4 Å². The van der Waals surface area contributed by atoms with E-state index in [0.29, 0.717) is 25.2 Å². The van der Waals surface area contributed by atoms with Gasteiger partial charge in [-0.25, -0.2) is 4.39 Å². The van der Waals surface area contributed by atoms with Gasteiger partial charge in [0.25, 0.3) is 5.91 Å². The van der Waals surface area contributed by atoms with E-state index in [1.807, 2.05) is 13.8 Å². The molecule has 3 amide bonds. The molecule has 12 heteroatoms. The van der Waals surface area contributed by atoms with Gasteiger partial charge < -0.3 is 41.0 Å². The van der Waals surface area contributed by atoms with Crippen LogP contribution in [-0.4, -0.2) is 108 Å².